The van der Waals surface area contributed by atoms with Gasteiger partial charge in [-0.25, -0.2) is 13.6 Å². The van der Waals surface area contributed by atoms with E-state index in [1.165, 1.54) is 17.9 Å². The van der Waals surface area contributed by atoms with Crippen LogP contribution in [-0.4, -0.2) is 36.8 Å². The van der Waals surface area contributed by atoms with E-state index in [4.69, 9.17) is 9.88 Å². The lowest BCUT2D eigenvalue weighted by Gasteiger charge is -2.09. The summed E-state index contributed by atoms with van der Waals surface area (Å²) in [5.41, 5.74) is 0. The van der Waals surface area contributed by atoms with Crippen LogP contribution >= 0.6 is 0 Å². The number of primary sulfonamides is 1. The van der Waals surface area contributed by atoms with Crippen molar-refractivity contribution < 1.29 is 17.9 Å². The topological polar surface area (TPSA) is 116 Å². The highest BCUT2D eigenvalue weighted by atomic mass is 32.2. The number of amides is 1. The second kappa shape index (κ2) is 4.67. The van der Waals surface area contributed by atoms with Gasteiger partial charge in [-0.3, -0.25) is 9.48 Å². The van der Waals surface area contributed by atoms with Crippen molar-refractivity contribution in [2.75, 3.05) is 11.9 Å². The van der Waals surface area contributed by atoms with Crippen LogP contribution in [0.4, 0.5) is 5.82 Å². The van der Waals surface area contributed by atoms with Gasteiger partial charge < -0.3 is 10.1 Å². The van der Waals surface area contributed by atoms with Gasteiger partial charge in [0, 0.05) is 19.9 Å². The van der Waals surface area contributed by atoms with Gasteiger partial charge in [0.05, 0.1) is 0 Å². The van der Waals surface area contributed by atoms with Crippen molar-refractivity contribution in [2.24, 2.45) is 12.2 Å². The average molecular weight is 274 g/mol. The molecule has 0 bridgehead atoms. The van der Waals surface area contributed by atoms with E-state index in [9.17, 15) is 13.2 Å². The molecule has 0 radical (unpaired) electrons. The van der Waals surface area contributed by atoms with Crippen molar-refractivity contribution in [1.82, 2.24) is 9.78 Å². The van der Waals surface area contributed by atoms with Gasteiger partial charge in [-0.2, -0.15) is 5.10 Å². The maximum atomic E-state index is 11.8. The first-order chi connectivity index (χ1) is 8.38. The summed E-state index contributed by atoms with van der Waals surface area (Å²) in [5.74, 6) is -0.475. The molecule has 1 saturated heterocycles. The number of sulfonamides is 1. The maximum absolute atomic E-state index is 11.8. The lowest BCUT2D eigenvalue weighted by atomic mass is 10.2. The molecule has 2 rings (SSSR count). The van der Waals surface area contributed by atoms with E-state index in [0.717, 1.165) is 6.42 Å². The maximum Gasteiger partial charge on any atom is 0.254 e. The van der Waals surface area contributed by atoms with Crippen molar-refractivity contribution in [3.05, 3.63) is 6.20 Å². The van der Waals surface area contributed by atoms with Gasteiger partial charge in [-0.15, -0.1) is 0 Å². The summed E-state index contributed by atoms with van der Waals surface area (Å²) in [6.07, 6.45) is 2.10. The highest BCUT2D eigenvalue weighted by molar-refractivity contribution is 7.89. The largest absolute Gasteiger partial charge is 0.368 e. The number of nitrogens with one attached hydrogen (secondary N) is 1. The Morgan fingerprint density at radius 2 is 2.39 bits per heavy atom. The number of nitrogens with zero attached hydrogens (tertiary/aromatic N) is 2. The smallest absolute Gasteiger partial charge is 0.254 e. The molecule has 0 spiro atoms. The van der Waals surface area contributed by atoms with Gasteiger partial charge in [0.2, 0.25) is 10.0 Å². The summed E-state index contributed by atoms with van der Waals surface area (Å²) in [5, 5.41) is 11.3. The zero-order valence-electron chi connectivity index (χ0n) is 9.79. The molecule has 1 aliphatic heterocycles. The summed E-state index contributed by atoms with van der Waals surface area (Å²) < 4.78 is 29.1. The molecule has 1 aromatic heterocycles. The molecule has 0 aliphatic carbocycles. The van der Waals surface area contributed by atoms with Crippen LogP contribution in [0.2, 0.25) is 0 Å². The first-order valence-corrected chi connectivity index (χ1v) is 6.91. The summed E-state index contributed by atoms with van der Waals surface area (Å²) in [7, 11) is -2.38. The SMILES string of the molecule is Cn1cc(S(N)(=O)=O)c(NC(=O)C2CCCO2)n1. The molecule has 1 fully saturated rings. The normalized spacial score (nSPS) is 20.0. The zero-order chi connectivity index (χ0) is 13.3. The molecule has 100 valence electrons. The Morgan fingerprint density at radius 3 is 2.94 bits per heavy atom. The fraction of sp³-hybridized carbons (Fsp3) is 0.556. The minimum atomic E-state index is -3.92. The van der Waals surface area contributed by atoms with Crippen LogP contribution in [0.25, 0.3) is 0 Å². The Bertz CT molecular complexity index is 559. The molecule has 0 aromatic carbocycles. The van der Waals surface area contributed by atoms with E-state index in [1.807, 2.05) is 0 Å². The molecule has 1 aromatic rings. The van der Waals surface area contributed by atoms with Gasteiger partial charge >= 0.3 is 0 Å². The minimum absolute atomic E-state index is 0.0690. The van der Waals surface area contributed by atoms with E-state index < -0.39 is 22.0 Å². The van der Waals surface area contributed by atoms with E-state index in [0.29, 0.717) is 13.0 Å². The van der Waals surface area contributed by atoms with Crippen LogP contribution in [0.3, 0.4) is 0 Å². The van der Waals surface area contributed by atoms with Crippen molar-refractivity contribution in [3.8, 4) is 0 Å². The number of aromatic nitrogens is 2. The molecular weight excluding hydrogens is 260 g/mol. The Balaban J connectivity index is 2.21. The molecule has 1 amide bonds. The number of hydrogen-bond donors (Lipinski definition) is 2. The predicted molar refractivity (Wildman–Crippen MR) is 62.2 cm³/mol. The van der Waals surface area contributed by atoms with Crippen LogP contribution in [0, 0.1) is 0 Å². The van der Waals surface area contributed by atoms with E-state index in [-0.39, 0.29) is 10.7 Å². The van der Waals surface area contributed by atoms with E-state index >= 15 is 0 Å². The molecular formula is C9H14N4O4S. The van der Waals surface area contributed by atoms with Crippen molar-refractivity contribution in [2.45, 2.75) is 23.8 Å². The van der Waals surface area contributed by atoms with Gasteiger partial charge in [-0.05, 0) is 12.8 Å². The molecule has 9 heteroatoms. The minimum Gasteiger partial charge on any atom is -0.368 e. The summed E-state index contributed by atoms with van der Waals surface area (Å²) in [6.45, 7) is 0.530. The molecule has 0 saturated carbocycles. The second-order valence-corrected chi connectivity index (χ2v) is 5.58. The van der Waals surface area contributed by atoms with Gasteiger partial charge in [0.15, 0.2) is 5.82 Å². The highest BCUT2D eigenvalue weighted by Crippen LogP contribution is 2.19. The summed E-state index contributed by atoms with van der Waals surface area (Å²) >= 11 is 0. The standard InChI is InChI=1S/C9H14N4O4S/c1-13-5-7(18(10,15)16)8(12-13)11-9(14)6-3-2-4-17-6/h5-6H,2-4H2,1H3,(H2,10,15,16)(H,11,12,14). The number of carbonyl (C=O) groups is 1. The Kier molecular flexibility index (Phi) is 3.37. The Hall–Kier alpha value is -1.45. The zero-order valence-corrected chi connectivity index (χ0v) is 10.6. The third-order valence-corrected chi connectivity index (χ3v) is 3.48. The molecule has 1 unspecified atom stereocenters. The first-order valence-electron chi connectivity index (χ1n) is 5.37. The van der Waals surface area contributed by atoms with Crippen LogP contribution in [0.1, 0.15) is 12.8 Å². The van der Waals surface area contributed by atoms with Crippen LogP contribution in [-0.2, 0) is 26.6 Å². The molecule has 8 nitrogen and oxygen atoms in total. The van der Waals surface area contributed by atoms with Gasteiger partial charge in [0.25, 0.3) is 5.91 Å². The van der Waals surface area contributed by atoms with Crippen LogP contribution in [0.15, 0.2) is 11.1 Å². The van der Waals surface area contributed by atoms with E-state index in [2.05, 4.69) is 10.4 Å². The van der Waals surface area contributed by atoms with Gasteiger partial charge in [0.1, 0.15) is 11.0 Å². The molecule has 1 aliphatic rings. The lowest BCUT2D eigenvalue weighted by molar-refractivity contribution is -0.124. The lowest BCUT2D eigenvalue weighted by Crippen LogP contribution is -2.28. The van der Waals surface area contributed by atoms with E-state index in [1.54, 1.807) is 0 Å². The number of aryl methyl sites for hydroxylation is 1. The summed E-state index contributed by atoms with van der Waals surface area (Å²) in [6, 6.07) is 0. The average Bonchev–Trinajstić information content (AvgIpc) is 2.85. The number of rotatable bonds is 3. The fourth-order valence-corrected chi connectivity index (χ4v) is 2.40. The monoisotopic (exact) mass is 274 g/mol. The second-order valence-electron chi connectivity index (χ2n) is 4.05. The predicted octanol–water partition coefficient (Wildman–Crippen LogP) is -0.815. The Labute approximate surface area is 104 Å². The number of anilines is 1. The molecule has 1 atom stereocenters. The third kappa shape index (κ3) is 2.68. The number of hydrogen-bond acceptors (Lipinski definition) is 5. The number of ether oxygens (including phenoxy) is 1. The van der Waals surface area contributed by atoms with Crippen molar-refractivity contribution in [3.63, 3.8) is 0 Å². The number of carbonyl (C=O) groups excluding carboxylic acids is 1. The molecule has 3 N–H and O–H groups in total. The highest BCUT2D eigenvalue weighted by Gasteiger charge is 2.26. The quantitative estimate of drug-likeness (QED) is 0.747. The van der Waals surface area contributed by atoms with Gasteiger partial charge in [-0.1, -0.05) is 0 Å². The Morgan fingerprint density at radius 1 is 1.67 bits per heavy atom. The van der Waals surface area contributed by atoms with Crippen molar-refractivity contribution in [1.29, 1.82) is 0 Å². The van der Waals surface area contributed by atoms with Crippen molar-refractivity contribution >= 4 is 21.7 Å². The summed E-state index contributed by atoms with van der Waals surface area (Å²) in [4.78, 5) is 11.6. The van der Waals surface area contributed by atoms with Crippen LogP contribution in [0.5, 0.6) is 0 Å². The molecule has 2 heterocycles. The van der Waals surface area contributed by atoms with Crippen LogP contribution < -0.4 is 10.5 Å². The fourth-order valence-electron chi connectivity index (χ4n) is 1.74. The number of nitrogens with two attached hydrogens (primary N) is 1. The first kappa shape index (κ1) is 13.0. The third-order valence-electron chi connectivity index (χ3n) is 2.57. The molecule has 18 heavy (non-hydrogen) atoms.